The summed E-state index contributed by atoms with van der Waals surface area (Å²) in [5, 5.41) is 3.39. The minimum Gasteiger partial charge on any atom is -0.350 e. The molecule has 0 radical (unpaired) electrons. The first-order chi connectivity index (χ1) is 12.5. The molecule has 0 saturated carbocycles. The summed E-state index contributed by atoms with van der Waals surface area (Å²) in [5.74, 6) is -0.278. The molecule has 6 heteroatoms. The maximum Gasteiger partial charge on any atom is 0.256 e. The van der Waals surface area contributed by atoms with Crippen LogP contribution < -0.4 is 5.32 Å². The Morgan fingerprint density at radius 1 is 1.19 bits per heavy atom. The van der Waals surface area contributed by atoms with Gasteiger partial charge in [0, 0.05) is 53.0 Å². The Morgan fingerprint density at radius 2 is 1.96 bits per heavy atom. The highest BCUT2D eigenvalue weighted by Crippen LogP contribution is 2.32. The van der Waals surface area contributed by atoms with Crippen LogP contribution in [0.1, 0.15) is 27.2 Å². The Hall–Kier alpha value is -3.18. The van der Waals surface area contributed by atoms with Crippen LogP contribution in [0.15, 0.2) is 55.0 Å². The first-order valence-corrected chi connectivity index (χ1v) is 8.35. The number of rotatable bonds is 3. The van der Waals surface area contributed by atoms with Gasteiger partial charge in [-0.15, -0.1) is 0 Å². The maximum absolute atomic E-state index is 12.7. The van der Waals surface area contributed by atoms with E-state index >= 15 is 0 Å². The summed E-state index contributed by atoms with van der Waals surface area (Å²) in [5.41, 5.74) is 3.88. The van der Waals surface area contributed by atoms with E-state index in [2.05, 4.69) is 10.3 Å². The number of halogens is 1. The van der Waals surface area contributed by atoms with E-state index in [1.807, 2.05) is 11.6 Å². The van der Waals surface area contributed by atoms with Crippen molar-refractivity contribution in [3.05, 3.63) is 82.4 Å². The van der Waals surface area contributed by atoms with Gasteiger partial charge in [-0.05, 0) is 42.5 Å². The fourth-order valence-electron chi connectivity index (χ4n) is 2.94. The highest BCUT2D eigenvalue weighted by Gasteiger charge is 2.24. The molecule has 3 aromatic rings. The molecule has 1 aliphatic heterocycles. The number of aryl methyl sites for hydroxylation is 1. The number of nitrogens with zero attached hydrogens (tertiary/aromatic N) is 2. The minimum absolute atomic E-state index is 0.0974. The molecule has 0 fully saturated rings. The Morgan fingerprint density at radius 3 is 2.73 bits per heavy atom. The van der Waals surface area contributed by atoms with E-state index in [0.29, 0.717) is 21.7 Å². The number of carbonyl (C=O) groups is 2. The third kappa shape index (κ3) is 2.82. The van der Waals surface area contributed by atoms with Crippen molar-refractivity contribution < 1.29 is 9.59 Å². The summed E-state index contributed by atoms with van der Waals surface area (Å²) in [6, 6.07) is 10.3. The number of nitrogens with one attached hydrogen (secondary N) is 1. The van der Waals surface area contributed by atoms with Crippen molar-refractivity contribution in [3.8, 4) is 0 Å². The quantitative estimate of drug-likeness (QED) is 0.568. The molecular formula is C20H14ClN3O2. The van der Waals surface area contributed by atoms with Gasteiger partial charge in [0.2, 0.25) is 0 Å². The summed E-state index contributed by atoms with van der Waals surface area (Å²) in [4.78, 5) is 29.0. The number of benzene rings is 1. The predicted octanol–water partition coefficient (Wildman–Crippen LogP) is 3.80. The minimum atomic E-state index is -0.181. The molecule has 1 aromatic carbocycles. The molecular weight excluding hydrogens is 350 g/mol. The van der Waals surface area contributed by atoms with E-state index in [9.17, 15) is 9.59 Å². The van der Waals surface area contributed by atoms with Crippen LogP contribution in [0.5, 0.6) is 0 Å². The van der Waals surface area contributed by atoms with Gasteiger partial charge in [-0.25, -0.2) is 0 Å². The van der Waals surface area contributed by atoms with E-state index in [4.69, 9.17) is 11.6 Å². The number of amides is 1. The molecule has 128 valence electrons. The van der Waals surface area contributed by atoms with Crippen molar-refractivity contribution in [2.24, 2.45) is 7.05 Å². The Bertz CT molecular complexity index is 1060. The highest BCUT2D eigenvalue weighted by molar-refractivity contribution is 6.34. The van der Waals surface area contributed by atoms with Gasteiger partial charge in [0.05, 0.1) is 11.3 Å². The second kappa shape index (κ2) is 6.28. The summed E-state index contributed by atoms with van der Waals surface area (Å²) >= 11 is 5.88. The van der Waals surface area contributed by atoms with Crippen LogP contribution in [0, 0.1) is 0 Å². The average molecular weight is 364 g/mol. The second-order valence-electron chi connectivity index (χ2n) is 6.03. The van der Waals surface area contributed by atoms with Crippen molar-refractivity contribution in [3.63, 3.8) is 0 Å². The maximum atomic E-state index is 12.7. The number of hydrogen-bond acceptors (Lipinski definition) is 3. The third-order valence-corrected chi connectivity index (χ3v) is 4.56. The van der Waals surface area contributed by atoms with E-state index in [0.717, 1.165) is 16.9 Å². The lowest BCUT2D eigenvalue weighted by molar-refractivity contribution is -0.110. The number of carbonyl (C=O) groups excluding carboxylic acids is 2. The van der Waals surface area contributed by atoms with Gasteiger partial charge in [-0.2, -0.15) is 0 Å². The largest absolute Gasteiger partial charge is 0.350 e. The number of hydrogen-bond donors (Lipinski definition) is 1. The summed E-state index contributed by atoms with van der Waals surface area (Å²) in [7, 11) is 1.84. The summed E-state index contributed by atoms with van der Waals surface area (Å²) in [6.45, 7) is 0. The average Bonchev–Trinajstić information content (AvgIpc) is 3.16. The van der Waals surface area contributed by atoms with Gasteiger partial charge in [-0.3, -0.25) is 14.6 Å². The molecule has 0 unspecified atom stereocenters. The lowest BCUT2D eigenvalue weighted by Crippen LogP contribution is -2.03. The second-order valence-corrected chi connectivity index (χ2v) is 6.47. The fraction of sp³-hybridized carbons (Fsp3) is 0.0500. The van der Waals surface area contributed by atoms with Crippen LogP contribution in [0.2, 0.25) is 5.02 Å². The van der Waals surface area contributed by atoms with Crippen LogP contribution in [0.4, 0.5) is 5.69 Å². The lowest BCUT2D eigenvalue weighted by Gasteiger charge is -1.99. The molecule has 0 bridgehead atoms. The molecule has 0 spiro atoms. The monoisotopic (exact) mass is 363 g/mol. The molecule has 3 heterocycles. The van der Waals surface area contributed by atoms with Crippen LogP contribution in [-0.2, 0) is 11.8 Å². The molecule has 2 aromatic heterocycles. The van der Waals surface area contributed by atoms with Crippen molar-refractivity contribution in [1.82, 2.24) is 9.55 Å². The van der Waals surface area contributed by atoms with Gasteiger partial charge in [-0.1, -0.05) is 11.6 Å². The van der Waals surface area contributed by atoms with E-state index in [-0.39, 0.29) is 11.7 Å². The molecule has 0 aliphatic carbocycles. The number of pyridine rings is 1. The molecule has 4 rings (SSSR count). The smallest absolute Gasteiger partial charge is 0.256 e. The highest BCUT2D eigenvalue weighted by atomic mass is 35.5. The standard InChI is InChI=1S/C20H14ClN3O2/c1-24-11-13(19(25)12-2-4-14(21)5-3-12)8-15(24)9-16-17-10-22-7-6-18(17)23-20(16)26/h2-11H,1H3,(H,23,26). The molecule has 1 N–H and O–H groups in total. The van der Waals surface area contributed by atoms with Crippen molar-refractivity contribution in [1.29, 1.82) is 0 Å². The van der Waals surface area contributed by atoms with Gasteiger partial charge in [0.1, 0.15) is 0 Å². The Kier molecular flexibility index (Phi) is 3.93. The van der Waals surface area contributed by atoms with Gasteiger partial charge in [0.15, 0.2) is 5.78 Å². The molecule has 0 saturated heterocycles. The van der Waals surface area contributed by atoms with Gasteiger partial charge < -0.3 is 9.88 Å². The van der Waals surface area contributed by atoms with Crippen LogP contribution in [0.25, 0.3) is 11.6 Å². The fourth-order valence-corrected chi connectivity index (χ4v) is 3.06. The number of aromatic nitrogens is 2. The summed E-state index contributed by atoms with van der Waals surface area (Å²) in [6.07, 6.45) is 6.80. The van der Waals surface area contributed by atoms with Gasteiger partial charge in [0.25, 0.3) is 5.91 Å². The van der Waals surface area contributed by atoms with Crippen molar-refractivity contribution >= 4 is 40.6 Å². The SMILES string of the molecule is Cn1cc(C(=O)c2ccc(Cl)cc2)cc1C=C1C(=O)Nc2ccncc21. The first kappa shape index (κ1) is 16.3. The van der Waals surface area contributed by atoms with Crippen LogP contribution >= 0.6 is 11.6 Å². The van der Waals surface area contributed by atoms with Crippen LogP contribution in [-0.4, -0.2) is 21.2 Å². The molecule has 1 amide bonds. The zero-order chi connectivity index (χ0) is 18.3. The van der Waals surface area contributed by atoms with E-state index in [1.165, 1.54) is 0 Å². The zero-order valence-electron chi connectivity index (χ0n) is 13.9. The van der Waals surface area contributed by atoms with Crippen LogP contribution in [0.3, 0.4) is 0 Å². The normalized spacial score (nSPS) is 14.4. The number of fused-ring (bicyclic) bond motifs is 1. The topological polar surface area (TPSA) is 64.0 Å². The summed E-state index contributed by atoms with van der Waals surface area (Å²) < 4.78 is 1.82. The first-order valence-electron chi connectivity index (χ1n) is 7.97. The third-order valence-electron chi connectivity index (χ3n) is 4.31. The number of anilines is 1. The Labute approximate surface area is 154 Å². The van der Waals surface area contributed by atoms with E-state index in [1.54, 1.807) is 61.1 Å². The molecule has 5 nitrogen and oxygen atoms in total. The zero-order valence-corrected chi connectivity index (χ0v) is 14.6. The van der Waals surface area contributed by atoms with E-state index < -0.39 is 0 Å². The Balaban J connectivity index is 1.70. The van der Waals surface area contributed by atoms with Gasteiger partial charge >= 0.3 is 0 Å². The number of ketones is 1. The molecule has 1 aliphatic rings. The van der Waals surface area contributed by atoms with Crippen molar-refractivity contribution in [2.75, 3.05) is 5.32 Å². The molecule has 0 atom stereocenters. The predicted molar refractivity (Wildman–Crippen MR) is 101 cm³/mol. The molecule has 26 heavy (non-hydrogen) atoms. The van der Waals surface area contributed by atoms with Crippen molar-refractivity contribution in [2.45, 2.75) is 0 Å². The lowest BCUT2D eigenvalue weighted by atomic mass is 10.1.